The molecule has 0 aromatic heterocycles. The standard InChI is InChI=1S/C25H21F2NO4/c26-18-5-1-16(2-6-18)23(30)14-13-22-24(17-3-11-21(12-4-17)32-15-29)28(25(22)31)20-9-7-19(27)8-10-20/h1-12,15,22-24,30H,13-14H2/t22-,23?,24?/m1/s1. The highest BCUT2D eigenvalue weighted by atomic mass is 19.1. The third kappa shape index (κ3) is 4.38. The van der Waals surface area contributed by atoms with E-state index < -0.39 is 17.8 Å². The van der Waals surface area contributed by atoms with Gasteiger partial charge in [0.2, 0.25) is 5.91 Å². The largest absolute Gasteiger partial charge is 0.429 e. The predicted octanol–water partition coefficient (Wildman–Crippen LogP) is 4.72. The number of carbonyl (C=O) groups excluding carboxylic acids is 2. The summed E-state index contributed by atoms with van der Waals surface area (Å²) in [4.78, 5) is 25.2. The first-order valence-electron chi connectivity index (χ1n) is 10.2. The summed E-state index contributed by atoms with van der Waals surface area (Å²) in [5.74, 6) is -0.917. The van der Waals surface area contributed by atoms with E-state index >= 15 is 0 Å². The van der Waals surface area contributed by atoms with E-state index in [1.807, 2.05) is 0 Å². The molecule has 5 nitrogen and oxygen atoms in total. The van der Waals surface area contributed by atoms with Crippen molar-refractivity contribution < 1.29 is 28.2 Å². The van der Waals surface area contributed by atoms with E-state index in [-0.39, 0.29) is 17.8 Å². The molecule has 32 heavy (non-hydrogen) atoms. The molecule has 1 amide bonds. The number of anilines is 1. The fraction of sp³-hybridized carbons (Fsp3) is 0.200. The fourth-order valence-electron chi connectivity index (χ4n) is 4.09. The highest BCUT2D eigenvalue weighted by Gasteiger charge is 2.48. The molecule has 164 valence electrons. The highest BCUT2D eigenvalue weighted by Crippen LogP contribution is 2.46. The highest BCUT2D eigenvalue weighted by molar-refractivity contribution is 6.03. The van der Waals surface area contributed by atoms with E-state index in [0.717, 1.165) is 5.56 Å². The molecule has 7 heteroatoms. The smallest absolute Gasteiger partial charge is 0.298 e. The van der Waals surface area contributed by atoms with Crippen LogP contribution in [0.2, 0.25) is 0 Å². The molecule has 1 fully saturated rings. The van der Waals surface area contributed by atoms with Crippen LogP contribution in [0.15, 0.2) is 72.8 Å². The Kier molecular flexibility index (Phi) is 6.28. The molecule has 1 saturated heterocycles. The Morgan fingerprint density at radius 1 is 0.938 bits per heavy atom. The van der Waals surface area contributed by atoms with Gasteiger partial charge in [-0.3, -0.25) is 9.59 Å². The number of carbonyl (C=O) groups is 2. The lowest BCUT2D eigenvalue weighted by molar-refractivity contribution is -0.131. The van der Waals surface area contributed by atoms with Crippen LogP contribution in [0, 0.1) is 17.6 Å². The maximum atomic E-state index is 13.4. The van der Waals surface area contributed by atoms with Crippen LogP contribution < -0.4 is 9.64 Å². The number of rotatable bonds is 8. The zero-order valence-corrected chi connectivity index (χ0v) is 17.0. The van der Waals surface area contributed by atoms with Crippen molar-refractivity contribution in [3.05, 3.63) is 95.6 Å². The molecule has 3 atom stereocenters. The minimum atomic E-state index is -0.827. The first-order chi connectivity index (χ1) is 15.5. The number of amides is 1. The summed E-state index contributed by atoms with van der Waals surface area (Å²) in [7, 11) is 0. The van der Waals surface area contributed by atoms with Crippen molar-refractivity contribution in [3.8, 4) is 5.75 Å². The van der Waals surface area contributed by atoms with Crippen LogP contribution in [0.1, 0.15) is 36.1 Å². The van der Waals surface area contributed by atoms with Gasteiger partial charge in [0, 0.05) is 5.69 Å². The van der Waals surface area contributed by atoms with Crippen LogP contribution in [0.5, 0.6) is 5.75 Å². The monoisotopic (exact) mass is 437 g/mol. The Hall–Kier alpha value is -3.58. The summed E-state index contributed by atoms with van der Waals surface area (Å²) < 4.78 is 31.4. The van der Waals surface area contributed by atoms with Crippen LogP contribution in [0.4, 0.5) is 14.5 Å². The Balaban J connectivity index is 1.55. The molecule has 3 aromatic rings. The van der Waals surface area contributed by atoms with E-state index in [1.165, 1.54) is 36.4 Å². The lowest BCUT2D eigenvalue weighted by Gasteiger charge is -2.48. The van der Waals surface area contributed by atoms with Gasteiger partial charge in [0.15, 0.2) is 0 Å². The quantitative estimate of drug-likeness (QED) is 0.409. The summed E-state index contributed by atoms with van der Waals surface area (Å²) in [6, 6.07) is 17.8. The van der Waals surface area contributed by atoms with Gasteiger partial charge in [-0.25, -0.2) is 8.78 Å². The van der Waals surface area contributed by atoms with Gasteiger partial charge in [-0.2, -0.15) is 0 Å². The van der Waals surface area contributed by atoms with Crippen molar-refractivity contribution in [2.75, 3.05) is 4.90 Å². The second kappa shape index (κ2) is 9.28. The second-order valence-corrected chi connectivity index (χ2v) is 7.66. The number of aliphatic hydroxyl groups is 1. The van der Waals surface area contributed by atoms with Crippen LogP contribution in [-0.4, -0.2) is 17.5 Å². The number of hydrogen-bond donors (Lipinski definition) is 1. The van der Waals surface area contributed by atoms with Crippen LogP contribution in [0.25, 0.3) is 0 Å². The molecule has 1 N–H and O–H groups in total. The van der Waals surface area contributed by atoms with Gasteiger partial charge in [-0.15, -0.1) is 0 Å². The summed E-state index contributed by atoms with van der Waals surface area (Å²) in [6.45, 7) is 0.340. The number of halogens is 2. The van der Waals surface area contributed by atoms with Gasteiger partial charge in [0.1, 0.15) is 17.4 Å². The molecule has 1 heterocycles. The molecule has 0 saturated carbocycles. The number of aliphatic hydroxyl groups excluding tert-OH is 1. The second-order valence-electron chi connectivity index (χ2n) is 7.66. The topological polar surface area (TPSA) is 66.8 Å². The first kappa shape index (κ1) is 21.6. The maximum Gasteiger partial charge on any atom is 0.298 e. The molecule has 2 unspecified atom stereocenters. The van der Waals surface area contributed by atoms with Crippen molar-refractivity contribution in [2.45, 2.75) is 25.0 Å². The molecule has 1 aliphatic rings. The maximum absolute atomic E-state index is 13.4. The van der Waals surface area contributed by atoms with Gasteiger partial charge < -0.3 is 14.7 Å². The third-order valence-electron chi connectivity index (χ3n) is 5.73. The van der Waals surface area contributed by atoms with Crippen molar-refractivity contribution in [1.29, 1.82) is 0 Å². The number of hydrogen-bond acceptors (Lipinski definition) is 4. The molecule has 0 spiro atoms. The zero-order valence-electron chi connectivity index (χ0n) is 17.0. The van der Waals surface area contributed by atoms with E-state index in [2.05, 4.69) is 0 Å². The average molecular weight is 437 g/mol. The Bertz CT molecular complexity index is 1080. The summed E-state index contributed by atoms with van der Waals surface area (Å²) in [6.07, 6.45) is -0.0960. The lowest BCUT2D eigenvalue weighted by Crippen LogP contribution is -2.55. The van der Waals surface area contributed by atoms with E-state index in [1.54, 1.807) is 41.3 Å². The lowest BCUT2D eigenvalue weighted by atomic mass is 9.78. The number of ether oxygens (including phenoxy) is 1. The Morgan fingerprint density at radius 2 is 1.53 bits per heavy atom. The molecule has 4 rings (SSSR count). The van der Waals surface area contributed by atoms with Gasteiger partial charge in [0.05, 0.1) is 18.1 Å². The van der Waals surface area contributed by atoms with Crippen LogP contribution >= 0.6 is 0 Å². The normalized spacial score (nSPS) is 18.7. The van der Waals surface area contributed by atoms with Crippen molar-refractivity contribution in [1.82, 2.24) is 0 Å². The molecule has 0 aliphatic carbocycles. The predicted molar refractivity (Wildman–Crippen MR) is 114 cm³/mol. The van der Waals surface area contributed by atoms with Crippen LogP contribution in [-0.2, 0) is 9.59 Å². The number of nitrogens with zero attached hydrogens (tertiary/aromatic N) is 1. The molecule has 0 radical (unpaired) electrons. The van der Waals surface area contributed by atoms with E-state index in [4.69, 9.17) is 4.74 Å². The van der Waals surface area contributed by atoms with Crippen molar-refractivity contribution >= 4 is 18.1 Å². The van der Waals surface area contributed by atoms with Gasteiger partial charge in [0.25, 0.3) is 6.47 Å². The summed E-state index contributed by atoms with van der Waals surface area (Å²) in [5.41, 5.74) is 1.99. The minimum Gasteiger partial charge on any atom is -0.429 e. The number of benzene rings is 3. The van der Waals surface area contributed by atoms with E-state index in [9.17, 15) is 23.5 Å². The Morgan fingerprint density at radius 3 is 2.12 bits per heavy atom. The van der Waals surface area contributed by atoms with E-state index in [0.29, 0.717) is 36.3 Å². The molecule has 0 bridgehead atoms. The molecule has 3 aromatic carbocycles. The molecular formula is C25H21F2NO4. The van der Waals surface area contributed by atoms with Gasteiger partial charge >= 0.3 is 0 Å². The average Bonchev–Trinajstić information content (AvgIpc) is 2.80. The molecular weight excluding hydrogens is 416 g/mol. The van der Waals surface area contributed by atoms with Gasteiger partial charge in [-0.1, -0.05) is 24.3 Å². The zero-order chi connectivity index (χ0) is 22.7. The summed E-state index contributed by atoms with van der Waals surface area (Å²) in [5, 5.41) is 10.5. The van der Waals surface area contributed by atoms with Crippen molar-refractivity contribution in [2.24, 2.45) is 5.92 Å². The minimum absolute atomic E-state index is 0.124. The van der Waals surface area contributed by atoms with Gasteiger partial charge in [-0.05, 0) is 72.5 Å². The van der Waals surface area contributed by atoms with Crippen molar-refractivity contribution in [3.63, 3.8) is 0 Å². The SMILES string of the molecule is O=COc1ccc(C2[C@@H](CCC(O)c3ccc(F)cc3)C(=O)N2c2ccc(F)cc2)cc1. The summed E-state index contributed by atoms with van der Waals surface area (Å²) >= 11 is 0. The Labute approximate surface area is 183 Å². The first-order valence-corrected chi connectivity index (χ1v) is 10.2. The number of β-lactam (4-membered cyclic amide) rings is 1. The fourth-order valence-corrected chi connectivity index (χ4v) is 4.09. The molecule has 1 aliphatic heterocycles. The van der Waals surface area contributed by atoms with Crippen LogP contribution in [0.3, 0.4) is 0 Å². The third-order valence-corrected chi connectivity index (χ3v) is 5.73.